The van der Waals surface area contributed by atoms with Gasteiger partial charge in [-0.2, -0.15) is 0 Å². The number of rotatable bonds is 1. The summed E-state index contributed by atoms with van der Waals surface area (Å²) in [5, 5.41) is 0. The maximum atomic E-state index is 11.3. The highest BCUT2D eigenvalue weighted by molar-refractivity contribution is 9.10. The largest absolute Gasteiger partial charge is 0.373 e. The number of benzene rings is 1. The van der Waals surface area contributed by atoms with Crippen LogP contribution in [0, 0.1) is 6.92 Å². The molecule has 0 bridgehead atoms. The lowest BCUT2D eigenvalue weighted by molar-refractivity contribution is -0.128. The second kappa shape index (κ2) is 4.45. The number of aryl methyl sites for hydroxylation is 1. The number of carbonyl (C=O) groups excluding carboxylic acids is 1. The molecule has 0 amide bonds. The third-order valence-electron chi connectivity index (χ3n) is 2.69. The van der Waals surface area contributed by atoms with E-state index in [1.165, 1.54) is 5.56 Å². The van der Waals surface area contributed by atoms with Gasteiger partial charge in [0.2, 0.25) is 0 Å². The Labute approximate surface area is 97.8 Å². The lowest BCUT2D eigenvalue weighted by Crippen LogP contribution is -2.19. The molecule has 1 heterocycles. The van der Waals surface area contributed by atoms with Crippen LogP contribution >= 0.6 is 15.9 Å². The molecule has 1 aliphatic heterocycles. The molecule has 80 valence electrons. The van der Waals surface area contributed by atoms with Crippen LogP contribution in [0.25, 0.3) is 0 Å². The van der Waals surface area contributed by atoms with Gasteiger partial charge in [0.05, 0.1) is 12.7 Å². The molecular weight excluding hydrogens is 256 g/mol. The minimum atomic E-state index is -0.0423. The van der Waals surface area contributed by atoms with Gasteiger partial charge >= 0.3 is 0 Å². The van der Waals surface area contributed by atoms with Gasteiger partial charge in [-0.05, 0) is 30.2 Å². The van der Waals surface area contributed by atoms with Gasteiger partial charge in [0.15, 0.2) is 0 Å². The van der Waals surface area contributed by atoms with E-state index < -0.39 is 0 Å². The third-order valence-corrected chi connectivity index (χ3v) is 3.18. The lowest BCUT2D eigenvalue weighted by Gasteiger charge is -2.23. The molecule has 0 spiro atoms. The highest BCUT2D eigenvalue weighted by Crippen LogP contribution is 2.29. The second-order valence-corrected chi connectivity index (χ2v) is 4.77. The fourth-order valence-corrected chi connectivity index (χ4v) is 2.36. The summed E-state index contributed by atoms with van der Waals surface area (Å²) < 4.78 is 6.68. The van der Waals surface area contributed by atoms with Gasteiger partial charge in [-0.15, -0.1) is 0 Å². The molecule has 1 atom stereocenters. The predicted octanol–water partition coefficient (Wildman–Crippen LogP) is 3.18. The van der Waals surface area contributed by atoms with E-state index in [4.69, 9.17) is 4.74 Å². The van der Waals surface area contributed by atoms with E-state index in [9.17, 15) is 4.79 Å². The molecule has 1 aromatic carbocycles. The van der Waals surface area contributed by atoms with Crippen molar-refractivity contribution in [2.75, 3.05) is 6.61 Å². The van der Waals surface area contributed by atoms with E-state index >= 15 is 0 Å². The number of ketones is 1. The first kappa shape index (κ1) is 10.8. The minimum Gasteiger partial charge on any atom is -0.373 e. The molecule has 3 heteroatoms. The van der Waals surface area contributed by atoms with E-state index in [2.05, 4.69) is 22.0 Å². The van der Waals surface area contributed by atoms with Gasteiger partial charge in [0.1, 0.15) is 5.78 Å². The fourth-order valence-electron chi connectivity index (χ4n) is 1.88. The Morgan fingerprint density at radius 1 is 1.47 bits per heavy atom. The molecule has 0 N–H and O–H groups in total. The van der Waals surface area contributed by atoms with Crippen LogP contribution in [0.15, 0.2) is 22.7 Å². The maximum absolute atomic E-state index is 11.3. The Bertz CT molecular complexity index is 387. The van der Waals surface area contributed by atoms with E-state index in [1.54, 1.807) is 0 Å². The Kier molecular flexibility index (Phi) is 3.22. The summed E-state index contributed by atoms with van der Waals surface area (Å²) in [5.41, 5.74) is 2.30. The van der Waals surface area contributed by atoms with Gasteiger partial charge < -0.3 is 4.74 Å². The quantitative estimate of drug-likeness (QED) is 0.782. The monoisotopic (exact) mass is 268 g/mol. The van der Waals surface area contributed by atoms with Crippen LogP contribution in [-0.2, 0) is 9.53 Å². The van der Waals surface area contributed by atoms with Gasteiger partial charge in [-0.25, -0.2) is 0 Å². The standard InChI is InChI=1S/C12H13BrO2/c1-8-6-9(13)2-3-11(8)12-7-10(14)4-5-15-12/h2-3,6,12H,4-5,7H2,1H3/t12-/m0/s1. The molecule has 0 aromatic heterocycles. The summed E-state index contributed by atoms with van der Waals surface area (Å²) in [5.74, 6) is 0.300. The molecule has 1 fully saturated rings. The van der Waals surface area contributed by atoms with Crippen LogP contribution in [0.4, 0.5) is 0 Å². The molecule has 0 aliphatic carbocycles. The number of carbonyl (C=O) groups is 1. The van der Waals surface area contributed by atoms with Crippen LogP contribution in [0.2, 0.25) is 0 Å². The van der Waals surface area contributed by atoms with Gasteiger partial charge in [-0.3, -0.25) is 4.79 Å². The molecule has 2 nitrogen and oxygen atoms in total. The van der Waals surface area contributed by atoms with Crippen LogP contribution in [0.5, 0.6) is 0 Å². The van der Waals surface area contributed by atoms with Gasteiger partial charge in [0, 0.05) is 17.3 Å². The third kappa shape index (κ3) is 2.47. The highest BCUT2D eigenvalue weighted by atomic mass is 79.9. The normalized spacial score (nSPS) is 21.7. The Morgan fingerprint density at radius 2 is 2.27 bits per heavy atom. The van der Waals surface area contributed by atoms with Crippen LogP contribution in [0.1, 0.15) is 30.1 Å². The smallest absolute Gasteiger partial charge is 0.138 e. The SMILES string of the molecule is Cc1cc(Br)ccc1[C@@H]1CC(=O)CCO1. The molecular formula is C12H13BrO2. The minimum absolute atomic E-state index is 0.0423. The Morgan fingerprint density at radius 3 is 2.93 bits per heavy atom. The summed E-state index contributed by atoms with van der Waals surface area (Å²) in [7, 11) is 0. The van der Waals surface area contributed by atoms with Crippen LogP contribution < -0.4 is 0 Å². The van der Waals surface area contributed by atoms with Crippen molar-refractivity contribution < 1.29 is 9.53 Å². The van der Waals surface area contributed by atoms with Gasteiger partial charge in [-0.1, -0.05) is 22.0 Å². The summed E-state index contributed by atoms with van der Waals surface area (Å²) in [4.78, 5) is 11.3. The number of halogens is 1. The summed E-state index contributed by atoms with van der Waals surface area (Å²) >= 11 is 3.42. The average Bonchev–Trinajstić information content (AvgIpc) is 2.17. The zero-order valence-electron chi connectivity index (χ0n) is 8.63. The van der Waals surface area contributed by atoms with Crippen molar-refractivity contribution in [3.8, 4) is 0 Å². The molecule has 15 heavy (non-hydrogen) atoms. The van der Waals surface area contributed by atoms with Crippen molar-refractivity contribution >= 4 is 21.7 Å². The zero-order valence-corrected chi connectivity index (χ0v) is 10.2. The highest BCUT2D eigenvalue weighted by Gasteiger charge is 2.22. The second-order valence-electron chi connectivity index (χ2n) is 3.85. The molecule has 1 saturated heterocycles. The molecule has 0 unspecified atom stereocenters. The topological polar surface area (TPSA) is 26.3 Å². The number of hydrogen-bond acceptors (Lipinski definition) is 2. The average molecular weight is 269 g/mol. The first-order valence-electron chi connectivity index (χ1n) is 5.06. The zero-order chi connectivity index (χ0) is 10.8. The van der Waals surface area contributed by atoms with E-state index in [0.717, 1.165) is 10.0 Å². The van der Waals surface area contributed by atoms with Gasteiger partial charge in [0.25, 0.3) is 0 Å². The van der Waals surface area contributed by atoms with Crippen molar-refractivity contribution in [3.63, 3.8) is 0 Å². The molecule has 0 saturated carbocycles. The van der Waals surface area contributed by atoms with Crippen LogP contribution in [-0.4, -0.2) is 12.4 Å². The van der Waals surface area contributed by atoms with Crippen molar-refractivity contribution in [2.45, 2.75) is 25.9 Å². The molecule has 1 aromatic rings. The summed E-state index contributed by atoms with van der Waals surface area (Å²) in [6, 6.07) is 6.07. The predicted molar refractivity (Wildman–Crippen MR) is 61.8 cm³/mol. The number of Topliss-reactive ketones (excluding diaryl/α,β-unsaturated/α-hetero) is 1. The molecule has 1 aliphatic rings. The van der Waals surface area contributed by atoms with Crippen LogP contribution in [0.3, 0.4) is 0 Å². The Hall–Kier alpha value is -0.670. The van der Waals surface area contributed by atoms with Crippen molar-refractivity contribution in [1.82, 2.24) is 0 Å². The maximum Gasteiger partial charge on any atom is 0.138 e. The first-order chi connectivity index (χ1) is 7.16. The number of ether oxygens (including phenoxy) is 1. The van der Waals surface area contributed by atoms with Crippen molar-refractivity contribution in [3.05, 3.63) is 33.8 Å². The Balaban J connectivity index is 2.24. The lowest BCUT2D eigenvalue weighted by atomic mass is 9.97. The first-order valence-corrected chi connectivity index (χ1v) is 5.85. The molecule has 0 radical (unpaired) electrons. The van der Waals surface area contributed by atoms with Crippen molar-refractivity contribution in [1.29, 1.82) is 0 Å². The fraction of sp³-hybridized carbons (Fsp3) is 0.417. The summed E-state index contributed by atoms with van der Waals surface area (Å²) in [6.45, 7) is 2.60. The van der Waals surface area contributed by atoms with Crippen molar-refractivity contribution in [2.24, 2.45) is 0 Å². The molecule has 2 rings (SSSR count). The van der Waals surface area contributed by atoms with E-state index in [1.807, 2.05) is 19.1 Å². The van der Waals surface area contributed by atoms with E-state index in [0.29, 0.717) is 25.2 Å². The summed E-state index contributed by atoms with van der Waals surface area (Å²) in [6.07, 6.45) is 1.04. The number of hydrogen-bond donors (Lipinski definition) is 0. The van der Waals surface area contributed by atoms with E-state index in [-0.39, 0.29) is 6.10 Å².